The van der Waals surface area contributed by atoms with Crippen molar-refractivity contribution in [3.05, 3.63) is 28.2 Å². The Balaban J connectivity index is 1.84. The molecule has 1 aliphatic heterocycles. The zero-order valence-electron chi connectivity index (χ0n) is 10.9. The van der Waals surface area contributed by atoms with Crippen molar-refractivity contribution >= 4 is 27.7 Å². The monoisotopic (exact) mass is 329 g/mol. The van der Waals surface area contributed by atoms with E-state index in [1.807, 2.05) is 17.8 Å². The number of rotatable bonds is 6. The molecule has 0 saturated heterocycles. The average Bonchev–Trinajstić information content (AvgIpc) is 2.76. The lowest BCUT2D eigenvalue weighted by Gasteiger charge is -2.18. The molecule has 0 fully saturated rings. The minimum absolute atomic E-state index is 0.283. The largest absolute Gasteiger partial charge is 0.488 e. The van der Waals surface area contributed by atoms with Crippen LogP contribution in [0.15, 0.2) is 22.7 Å². The van der Waals surface area contributed by atoms with Crippen LogP contribution in [0.5, 0.6) is 5.75 Å². The molecule has 0 aliphatic carbocycles. The Kier molecular flexibility index (Phi) is 5.39. The van der Waals surface area contributed by atoms with Crippen LogP contribution in [0.4, 0.5) is 0 Å². The lowest BCUT2D eigenvalue weighted by molar-refractivity contribution is 0.222. The summed E-state index contributed by atoms with van der Waals surface area (Å²) in [5, 5.41) is 3.60. The zero-order chi connectivity index (χ0) is 13.0. The smallest absolute Gasteiger partial charge is 0.123 e. The van der Waals surface area contributed by atoms with Gasteiger partial charge in [-0.25, -0.2) is 0 Å². The first-order valence-corrected chi connectivity index (χ1v) is 8.59. The van der Waals surface area contributed by atoms with Gasteiger partial charge in [-0.1, -0.05) is 22.9 Å². The Hall–Kier alpha value is -0.190. The lowest BCUT2D eigenvalue weighted by Crippen LogP contribution is -2.38. The van der Waals surface area contributed by atoms with E-state index in [4.69, 9.17) is 4.74 Å². The van der Waals surface area contributed by atoms with Gasteiger partial charge in [0.1, 0.15) is 11.9 Å². The number of halogens is 1. The van der Waals surface area contributed by atoms with Crippen molar-refractivity contribution in [3.63, 3.8) is 0 Å². The highest BCUT2D eigenvalue weighted by molar-refractivity contribution is 9.10. The molecule has 18 heavy (non-hydrogen) atoms. The Bertz CT molecular complexity index is 399. The summed E-state index contributed by atoms with van der Waals surface area (Å²) in [6.45, 7) is 3.17. The molecule has 2 atom stereocenters. The maximum absolute atomic E-state index is 5.94. The number of nitrogens with one attached hydrogen (secondary N) is 1. The highest BCUT2D eigenvalue weighted by Gasteiger charge is 2.23. The first kappa shape index (κ1) is 14.2. The van der Waals surface area contributed by atoms with E-state index in [1.54, 1.807) is 0 Å². The maximum Gasteiger partial charge on any atom is 0.123 e. The summed E-state index contributed by atoms with van der Waals surface area (Å²) in [5.41, 5.74) is 1.31. The van der Waals surface area contributed by atoms with Gasteiger partial charge in [0, 0.05) is 29.2 Å². The number of hydrogen-bond donors (Lipinski definition) is 1. The van der Waals surface area contributed by atoms with Gasteiger partial charge in [-0.05, 0) is 36.4 Å². The van der Waals surface area contributed by atoms with E-state index < -0.39 is 0 Å². The molecule has 1 aliphatic rings. The molecule has 2 unspecified atom stereocenters. The highest BCUT2D eigenvalue weighted by atomic mass is 79.9. The van der Waals surface area contributed by atoms with Crippen molar-refractivity contribution in [1.29, 1.82) is 0 Å². The van der Waals surface area contributed by atoms with Crippen LogP contribution < -0.4 is 10.1 Å². The van der Waals surface area contributed by atoms with Crippen LogP contribution in [0, 0.1) is 0 Å². The van der Waals surface area contributed by atoms with Gasteiger partial charge < -0.3 is 10.1 Å². The summed E-state index contributed by atoms with van der Waals surface area (Å²) in [5.74, 6) is 2.21. The van der Waals surface area contributed by atoms with E-state index in [-0.39, 0.29) is 6.10 Å². The minimum Gasteiger partial charge on any atom is -0.488 e. The second-order valence-electron chi connectivity index (χ2n) is 4.66. The molecule has 0 amide bonds. The van der Waals surface area contributed by atoms with Crippen molar-refractivity contribution in [2.24, 2.45) is 0 Å². The summed E-state index contributed by atoms with van der Waals surface area (Å²) in [7, 11) is 0. The molecule has 4 heteroatoms. The Morgan fingerprint density at radius 1 is 1.56 bits per heavy atom. The standard InChI is InChI=1S/C14H20BrNOS/c1-3-12(9-18-2)16-8-13-7-10-6-11(15)4-5-14(10)17-13/h4-6,12-13,16H,3,7-9H2,1-2H3. The number of ether oxygens (including phenoxy) is 1. The van der Waals surface area contributed by atoms with Crippen molar-refractivity contribution in [3.8, 4) is 5.75 Å². The van der Waals surface area contributed by atoms with Gasteiger partial charge >= 0.3 is 0 Å². The maximum atomic E-state index is 5.94. The number of hydrogen-bond acceptors (Lipinski definition) is 3. The van der Waals surface area contributed by atoms with Crippen molar-refractivity contribution in [1.82, 2.24) is 5.32 Å². The summed E-state index contributed by atoms with van der Waals surface area (Å²) < 4.78 is 7.08. The molecule has 100 valence electrons. The van der Waals surface area contributed by atoms with Crippen LogP contribution in [0.25, 0.3) is 0 Å². The number of thioether (sulfide) groups is 1. The van der Waals surface area contributed by atoms with Crippen LogP contribution in [0.3, 0.4) is 0 Å². The normalized spacial score (nSPS) is 19.4. The van der Waals surface area contributed by atoms with Crippen LogP contribution >= 0.6 is 27.7 Å². The van der Waals surface area contributed by atoms with Crippen molar-refractivity contribution in [2.45, 2.75) is 31.9 Å². The fourth-order valence-corrected chi connectivity index (χ4v) is 3.39. The van der Waals surface area contributed by atoms with E-state index in [9.17, 15) is 0 Å². The SMILES string of the molecule is CCC(CSC)NCC1Cc2cc(Br)ccc2O1. The Labute approximate surface area is 122 Å². The molecule has 2 rings (SSSR count). The third kappa shape index (κ3) is 3.65. The number of fused-ring (bicyclic) bond motifs is 1. The molecule has 1 aromatic rings. The summed E-state index contributed by atoms with van der Waals surface area (Å²) in [6, 6.07) is 6.85. The lowest BCUT2D eigenvalue weighted by atomic mass is 10.1. The predicted molar refractivity (Wildman–Crippen MR) is 82.7 cm³/mol. The van der Waals surface area contributed by atoms with E-state index >= 15 is 0 Å². The van der Waals surface area contributed by atoms with Gasteiger partial charge in [-0.3, -0.25) is 0 Å². The van der Waals surface area contributed by atoms with Gasteiger partial charge in [-0.2, -0.15) is 11.8 Å². The first-order chi connectivity index (χ1) is 8.72. The van der Waals surface area contributed by atoms with Gasteiger partial charge in [0.15, 0.2) is 0 Å². The van der Waals surface area contributed by atoms with Crippen molar-refractivity contribution < 1.29 is 4.74 Å². The van der Waals surface area contributed by atoms with Gasteiger partial charge in [-0.15, -0.1) is 0 Å². The van der Waals surface area contributed by atoms with E-state index in [2.05, 4.69) is 46.6 Å². The molecule has 0 saturated carbocycles. The molecule has 2 nitrogen and oxygen atoms in total. The predicted octanol–water partition coefficient (Wildman–Crippen LogP) is 3.48. The molecular formula is C14H20BrNOS. The quantitative estimate of drug-likeness (QED) is 0.863. The zero-order valence-corrected chi connectivity index (χ0v) is 13.3. The van der Waals surface area contributed by atoms with E-state index in [1.165, 1.54) is 17.7 Å². The molecule has 1 N–H and O–H groups in total. The van der Waals surface area contributed by atoms with Crippen LogP contribution in [-0.2, 0) is 6.42 Å². The molecule has 0 radical (unpaired) electrons. The highest BCUT2D eigenvalue weighted by Crippen LogP contribution is 2.30. The van der Waals surface area contributed by atoms with E-state index in [0.717, 1.165) is 23.2 Å². The number of benzene rings is 1. The second kappa shape index (κ2) is 6.83. The average molecular weight is 330 g/mol. The van der Waals surface area contributed by atoms with Crippen LogP contribution in [0.1, 0.15) is 18.9 Å². The van der Waals surface area contributed by atoms with E-state index in [0.29, 0.717) is 6.04 Å². The first-order valence-electron chi connectivity index (χ1n) is 6.40. The van der Waals surface area contributed by atoms with Gasteiger partial charge in [0.25, 0.3) is 0 Å². The molecule has 0 aromatic heterocycles. The van der Waals surface area contributed by atoms with Crippen molar-refractivity contribution in [2.75, 3.05) is 18.6 Å². The Morgan fingerprint density at radius 2 is 2.39 bits per heavy atom. The fraction of sp³-hybridized carbons (Fsp3) is 0.571. The molecule has 1 aromatic carbocycles. The summed E-state index contributed by atoms with van der Waals surface area (Å²) in [6.07, 6.45) is 4.62. The molecule has 0 spiro atoms. The molecular weight excluding hydrogens is 310 g/mol. The minimum atomic E-state index is 0.283. The Morgan fingerprint density at radius 3 is 3.11 bits per heavy atom. The third-order valence-electron chi connectivity index (χ3n) is 3.26. The van der Waals surface area contributed by atoms with Gasteiger partial charge in [0.05, 0.1) is 0 Å². The topological polar surface area (TPSA) is 21.3 Å². The van der Waals surface area contributed by atoms with Crippen LogP contribution in [-0.4, -0.2) is 30.7 Å². The summed E-state index contributed by atoms with van der Waals surface area (Å²) in [4.78, 5) is 0. The molecule has 0 bridgehead atoms. The third-order valence-corrected chi connectivity index (χ3v) is 4.49. The fourth-order valence-electron chi connectivity index (χ4n) is 2.22. The second-order valence-corrected chi connectivity index (χ2v) is 6.49. The van der Waals surface area contributed by atoms with Crippen LogP contribution in [0.2, 0.25) is 0 Å². The van der Waals surface area contributed by atoms with Gasteiger partial charge in [0.2, 0.25) is 0 Å². The molecule has 1 heterocycles. The summed E-state index contributed by atoms with van der Waals surface area (Å²) >= 11 is 5.40.